The van der Waals surface area contributed by atoms with Gasteiger partial charge in [-0.25, -0.2) is 0 Å². The molecule has 64 valence electrons. The van der Waals surface area contributed by atoms with Gasteiger partial charge in [0.25, 0.3) is 0 Å². The van der Waals surface area contributed by atoms with Crippen molar-refractivity contribution in [2.75, 3.05) is 13.2 Å². The van der Waals surface area contributed by atoms with Gasteiger partial charge in [0.05, 0.1) is 12.2 Å². The Kier molecular flexibility index (Phi) is 1.87. The van der Waals surface area contributed by atoms with E-state index in [4.69, 9.17) is 14.9 Å². The highest BCUT2D eigenvalue weighted by atomic mass is 16.5. The standard InChI is InChI=1S/C8H14O3/c9-3-5-6(4-10)8-2-1-7(5)11-8/h5-10H,1-4H2/t5?,6?,7-,8+. The fraction of sp³-hybridized carbons (Fsp3) is 1.00. The zero-order valence-electron chi connectivity index (χ0n) is 6.44. The first kappa shape index (κ1) is 7.53. The second-order valence-corrected chi connectivity index (χ2v) is 3.48. The van der Waals surface area contributed by atoms with Crippen molar-refractivity contribution in [1.29, 1.82) is 0 Å². The van der Waals surface area contributed by atoms with Crippen molar-refractivity contribution >= 4 is 0 Å². The van der Waals surface area contributed by atoms with Crippen molar-refractivity contribution in [3.63, 3.8) is 0 Å². The smallest absolute Gasteiger partial charge is 0.0634 e. The average molecular weight is 158 g/mol. The van der Waals surface area contributed by atoms with Crippen molar-refractivity contribution in [3.8, 4) is 0 Å². The summed E-state index contributed by atoms with van der Waals surface area (Å²) in [6.07, 6.45) is 2.57. The SMILES string of the molecule is OCC1C(CO)[C@H]2CC[C@@H]1O2. The molecule has 2 unspecified atom stereocenters. The van der Waals surface area contributed by atoms with Gasteiger partial charge in [-0.15, -0.1) is 0 Å². The Morgan fingerprint density at radius 2 is 1.45 bits per heavy atom. The molecular weight excluding hydrogens is 144 g/mol. The first-order chi connectivity index (χ1) is 5.36. The minimum atomic E-state index is 0.159. The third-order valence-corrected chi connectivity index (χ3v) is 3.01. The highest BCUT2D eigenvalue weighted by Gasteiger charge is 2.47. The lowest BCUT2D eigenvalue weighted by atomic mass is 9.80. The van der Waals surface area contributed by atoms with Crippen LogP contribution in [0.2, 0.25) is 0 Å². The number of aliphatic hydroxyl groups is 2. The van der Waals surface area contributed by atoms with E-state index >= 15 is 0 Å². The summed E-state index contributed by atoms with van der Waals surface area (Å²) in [6, 6.07) is 0. The monoisotopic (exact) mass is 158 g/mol. The Balaban J connectivity index is 2.08. The molecule has 2 saturated heterocycles. The van der Waals surface area contributed by atoms with Crippen LogP contribution in [-0.2, 0) is 4.74 Å². The molecule has 0 radical (unpaired) electrons. The maximum Gasteiger partial charge on any atom is 0.0634 e. The highest BCUT2D eigenvalue weighted by Crippen LogP contribution is 2.42. The van der Waals surface area contributed by atoms with Crippen molar-refractivity contribution < 1.29 is 14.9 Å². The van der Waals surface area contributed by atoms with E-state index in [1.807, 2.05) is 0 Å². The molecule has 2 N–H and O–H groups in total. The van der Waals surface area contributed by atoms with Crippen molar-refractivity contribution in [2.24, 2.45) is 11.8 Å². The molecule has 0 spiro atoms. The molecule has 0 aromatic heterocycles. The molecule has 11 heavy (non-hydrogen) atoms. The van der Waals surface area contributed by atoms with Crippen LogP contribution in [0.25, 0.3) is 0 Å². The Hall–Kier alpha value is -0.120. The Morgan fingerprint density at radius 1 is 1.00 bits per heavy atom. The van der Waals surface area contributed by atoms with E-state index < -0.39 is 0 Å². The lowest BCUT2D eigenvalue weighted by Gasteiger charge is -2.24. The Bertz CT molecular complexity index is 132. The third-order valence-electron chi connectivity index (χ3n) is 3.01. The molecule has 0 aromatic carbocycles. The van der Waals surface area contributed by atoms with E-state index in [-0.39, 0.29) is 37.3 Å². The van der Waals surface area contributed by atoms with Gasteiger partial charge < -0.3 is 14.9 Å². The van der Waals surface area contributed by atoms with Gasteiger partial charge in [0.15, 0.2) is 0 Å². The van der Waals surface area contributed by atoms with E-state index in [1.165, 1.54) is 0 Å². The largest absolute Gasteiger partial charge is 0.396 e. The molecule has 2 fully saturated rings. The average Bonchev–Trinajstić information content (AvgIpc) is 2.60. The van der Waals surface area contributed by atoms with E-state index in [2.05, 4.69) is 0 Å². The minimum absolute atomic E-state index is 0.159. The zero-order chi connectivity index (χ0) is 7.84. The van der Waals surface area contributed by atoms with Gasteiger partial charge in [-0.2, -0.15) is 0 Å². The molecular formula is C8H14O3. The van der Waals surface area contributed by atoms with Gasteiger partial charge in [0.2, 0.25) is 0 Å². The van der Waals surface area contributed by atoms with Gasteiger partial charge in [-0.1, -0.05) is 0 Å². The number of hydrogen-bond acceptors (Lipinski definition) is 3. The second-order valence-electron chi connectivity index (χ2n) is 3.48. The van der Waals surface area contributed by atoms with Crippen LogP contribution < -0.4 is 0 Å². The van der Waals surface area contributed by atoms with Gasteiger partial charge in [-0.05, 0) is 12.8 Å². The van der Waals surface area contributed by atoms with E-state index in [0.29, 0.717) is 0 Å². The molecule has 2 bridgehead atoms. The topological polar surface area (TPSA) is 49.7 Å². The van der Waals surface area contributed by atoms with Crippen molar-refractivity contribution in [1.82, 2.24) is 0 Å². The molecule has 0 amide bonds. The predicted molar refractivity (Wildman–Crippen MR) is 39.0 cm³/mol. The number of ether oxygens (including phenoxy) is 1. The zero-order valence-corrected chi connectivity index (χ0v) is 6.44. The lowest BCUT2D eigenvalue weighted by molar-refractivity contribution is 0.0764. The van der Waals surface area contributed by atoms with E-state index in [1.54, 1.807) is 0 Å². The first-order valence-corrected chi connectivity index (χ1v) is 4.24. The molecule has 2 rings (SSSR count). The quantitative estimate of drug-likeness (QED) is 0.583. The van der Waals surface area contributed by atoms with Crippen LogP contribution in [0.3, 0.4) is 0 Å². The Labute approximate surface area is 66.0 Å². The summed E-state index contributed by atoms with van der Waals surface area (Å²) in [7, 11) is 0. The maximum absolute atomic E-state index is 9.00. The molecule has 4 atom stereocenters. The maximum atomic E-state index is 9.00. The van der Waals surface area contributed by atoms with E-state index in [0.717, 1.165) is 12.8 Å². The Morgan fingerprint density at radius 3 is 1.82 bits per heavy atom. The first-order valence-electron chi connectivity index (χ1n) is 4.24. The van der Waals surface area contributed by atoms with Crippen LogP contribution in [0.1, 0.15) is 12.8 Å². The molecule has 2 heterocycles. The number of fused-ring (bicyclic) bond motifs is 2. The summed E-state index contributed by atoms with van der Waals surface area (Å²) in [5.74, 6) is 0.387. The lowest BCUT2D eigenvalue weighted by Crippen LogP contribution is -2.32. The van der Waals surface area contributed by atoms with Crippen LogP contribution in [0.4, 0.5) is 0 Å². The minimum Gasteiger partial charge on any atom is -0.396 e. The molecule has 3 nitrogen and oxygen atoms in total. The van der Waals surface area contributed by atoms with Gasteiger partial charge in [0, 0.05) is 25.0 Å². The molecule has 2 aliphatic heterocycles. The van der Waals surface area contributed by atoms with Gasteiger partial charge >= 0.3 is 0 Å². The van der Waals surface area contributed by atoms with E-state index in [9.17, 15) is 0 Å². The van der Waals surface area contributed by atoms with Gasteiger partial charge in [0.1, 0.15) is 0 Å². The van der Waals surface area contributed by atoms with Gasteiger partial charge in [-0.3, -0.25) is 0 Å². The summed E-state index contributed by atoms with van der Waals surface area (Å²) >= 11 is 0. The summed E-state index contributed by atoms with van der Waals surface area (Å²) in [5, 5.41) is 18.0. The number of rotatable bonds is 2. The van der Waals surface area contributed by atoms with Crippen LogP contribution >= 0.6 is 0 Å². The summed E-state index contributed by atoms with van der Waals surface area (Å²) in [4.78, 5) is 0. The predicted octanol–water partition coefficient (Wildman–Crippen LogP) is -0.235. The fourth-order valence-corrected chi connectivity index (χ4v) is 2.38. The van der Waals surface area contributed by atoms with Crippen LogP contribution in [0.5, 0.6) is 0 Å². The molecule has 2 aliphatic rings. The summed E-state index contributed by atoms with van der Waals surface area (Å²) < 4.78 is 5.56. The van der Waals surface area contributed by atoms with Crippen molar-refractivity contribution in [3.05, 3.63) is 0 Å². The molecule has 0 aromatic rings. The molecule has 0 aliphatic carbocycles. The molecule has 3 heteroatoms. The highest BCUT2D eigenvalue weighted by molar-refractivity contribution is 4.95. The fourth-order valence-electron chi connectivity index (χ4n) is 2.38. The second kappa shape index (κ2) is 2.73. The van der Waals surface area contributed by atoms with Crippen LogP contribution in [0.15, 0.2) is 0 Å². The third kappa shape index (κ3) is 0.991. The van der Waals surface area contributed by atoms with Crippen LogP contribution in [-0.4, -0.2) is 35.6 Å². The summed E-state index contributed by atoms with van der Waals surface area (Å²) in [5.41, 5.74) is 0. The van der Waals surface area contributed by atoms with Crippen LogP contribution in [0, 0.1) is 11.8 Å². The molecule has 0 saturated carbocycles. The summed E-state index contributed by atoms with van der Waals surface area (Å²) in [6.45, 7) is 0.318. The van der Waals surface area contributed by atoms with Crippen molar-refractivity contribution in [2.45, 2.75) is 25.0 Å². The number of aliphatic hydroxyl groups excluding tert-OH is 2. The normalized spacial score (nSPS) is 48.5. The number of hydrogen-bond donors (Lipinski definition) is 2.